The molecule has 0 amide bonds. The van der Waals surface area contributed by atoms with Crippen LogP contribution in [0, 0.1) is 5.92 Å². The van der Waals surface area contributed by atoms with E-state index >= 15 is 0 Å². The zero-order chi connectivity index (χ0) is 17.8. The maximum atomic E-state index is 4.60. The van der Waals surface area contributed by atoms with Gasteiger partial charge in [-0.3, -0.25) is 0 Å². The van der Waals surface area contributed by atoms with Crippen molar-refractivity contribution in [1.82, 2.24) is 20.1 Å². The van der Waals surface area contributed by atoms with Crippen LogP contribution in [0.5, 0.6) is 0 Å². The summed E-state index contributed by atoms with van der Waals surface area (Å²) in [6.07, 6.45) is 3.80. The van der Waals surface area contributed by atoms with E-state index < -0.39 is 0 Å². The lowest BCUT2D eigenvalue weighted by Gasteiger charge is -2.25. The third-order valence-corrected chi connectivity index (χ3v) is 4.78. The zero-order valence-corrected chi connectivity index (χ0v) is 15.0. The minimum Gasteiger partial charge on any atom is -0.370 e. The van der Waals surface area contributed by atoms with Crippen LogP contribution >= 0.6 is 0 Å². The molecular weight excluding hydrogens is 324 g/mol. The van der Waals surface area contributed by atoms with Gasteiger partial charge in [-0.05, 0) is 23.8 Å². The summed E-state index contributed by atoms with van der Waals surface area (Å²) in [5, 5.41) is 11.3. The van der Waals surface area contributed by atoms with Crippen molar-refractivity contribution in [2.24, 2.45) is 5.92 Å². The van der Waals surface area contributed by atoms with Crippen molar-refractivity contribution in [2.45, 2.75) is 13.1 Å². The van der Waals surface area contributed by atoms with E-state index in [9.17, 15) is 0 Å². The lowest BCUT2D eigenvalue weighted by atomic mass is 10.1. The van der Waals surface area contributed by atoms with Crippen LogP contribution in [0.25, 0.3) is 0 Å². The average molecular weight is 348 g/mol. The van der Waals surface area contributed by atoms with Crippen molar-refractivity contribution in [3.8, 4) is 0 Å². The molecule has 4 rings (SSSR count). The van der Waals surface area contributed by atoms with Gasteiger partial charge in [-0.2, -0.15) is 5.10 Å². The molecule has 6 nitrogen and oxygen atoms in total. The number of hydrogen-bond donors (Lipinski definition) is 2. The predicted molar refractivity (Wildman–Crippen MR) is 105 cm³/mol. The summed E-state index contributed by atoms with van der Waals surface area (Å²) in [7, 11) is 2.04. The van der Waals surface area contributed by atoms with Crippen LogP contribution in [0.3, 0.4) is 0 Å². The Labute approximate surface area is 153 Å². The average Bonchev–Trinajstić information content (AvgIpc) is 3.16. The number of nitrogens with one attached hydrogen (secondary N) is 2. The van der Waals surface area contributed by atoms with Crippen LogP contribution in [0.1, 0.15) is 5.56 Å². The van der Waals surface area contributed by atoms with Crippen LogP contribution in [-0.4, -0.2) is 34.9 Å². The first-order valence-electron chi connectivity index (χ1n) is 9.00. The fraction of sp³-hybridized carbons (Fsp3) is 0.300. The molecule has 2 aromatic heterocycles. The first-order valence-corrected chi connectivity index (χ1v) is 9.00. The van der Waals surface area contributed by atoms with E-state index in [2.05, 4.69) is 49.9 Å². The molecule has 0 fully saturated rings. The number of anilines is 3. The fourth-order valence-electron chi connectivity index (χ4n) is 3.25. The van der Waals surface area contributed by atoms with E-state index in [1.54, 1.807) is 0 Å². The number of pyridine rings is 1. The fourth-order valence-corrected chi connectivity index (χ4v) is 3.25. The van der Waals surface area contributed by atoms with Crippen LogP contribution in [0.2, 0.25) is 0 Å². The third-order valence-electron chi connectivity index (χ3n) is 4.78. The van der Waals surface area contributed by atoms with Gasteiger partial charge < -0.3 is 15.5 Å². The second-order valence-electron chi connectivity index (χ2n) is 6.70. The molecule has 0 saturated carbocycles. The number of fused-ring (bicyclic) bond motifs is 1. The van der Waals surface area contributed by atoms with Gasteiger partial charge in [-0.15, -0.1) is 0 Å². The normalized spacial score (nSPS) is 16.0. The Hall–Kier alpha value is -2.86. The quantitative estimate of drug-likeness (QED) is 0.717. The number of nitrogens with zero attached hydrogens (tertiary/aromatic N) is 4. The maximum absolute atomic E-state index is 4.60. The van der Waals surface area contributed by atoms with E-state index in [0.717, 1.165) is 43.5 Å². The Kier molecular flexibility index (Phi) is 4.84. The molecule has 0 spiro atoms. The van der Waals surface area contributed by atoms with E-state index in [1.165, 1.54) is 5.56 Å². The molecule has 134 valence electrons. The van der Waals surface area contributed by atoms with Crippen molar-refractivity contribution in [2.75, 3.05) is 30.4 Å². The highest BCUT2D eigenvalue weighted by molar-refractivity contribution is 5.58. The summed E-state index contributed by atoms with van der Waals surface area (Å²) in [5.41, 5.74) is 2.33. The largest absolute Gasteiger partial charge is 0.370 e. The molecule has 0 radical (unpaired) electrons. The molecule has 0 saturated heterocycles. The number of para-hydroxylation sites is 1. The van der Waals surface area contributed by atoms with Gasteiger partial charge in [0.25, 0.3) is 0 Å². The van der Waals surface area contributed by atoms with Gasteiger partial charge in [0, 0.05) is 57.1 Å². The van der Waals surface area contributed by atoms with E-state index in [0.29, 0.717) is 5.92 Å². The lowest BCUT2D eigenvalue weighted by molar-refractivity contribution is 0.391. The van der Waals surface area contributed by atoms with Crippen molar-refractivity contribution in [3.05, 3.63) is 66.5 Å². The number of rotatable bonds is 6. The summed E-state index contributed by atoms with van der Waals surface area (Å²) in [6, 6.07) is 16.5. The Morgan fingerprint density at radius 3 is 2.88 bits per heavy atom. The van der Waals surface area contributed by atoms with Gasteiger partial charge in [0.2, 0.25) is 0 Å². The SMILES string of the molecule is CN(c1ccccc1)c1ccc(CNC[C@@H]2CNc3ccnn3C2)cn1. The maximum Gasteiger partial charge on any atom is 0.132 e. The van der Waals surface area contributed by atoms with Gasteiger partial charge in [0.1, 0.15) is 11.6 Å². The minimum atomic E-state index is 0.541. The van der Waals surface area contributed by atoms with E-state index in [4.69, 9.17) is 0 Å². The molecular formula is C20H24N6. The van der Waals surface area contributed by atoms with E-state index in [1.807, 2.05) is 48.4 Å². The summed E-state index contributed by atoms with van der Waals surface area (Å²) >= 11 is 0. The second-order valence-corrected chi connectivity index (χ2v) is 6.70. The summed E-state index contributed by atoms with van der Waals surface area (Å²) in [4.78, 5) is 6.69. The Balaban J connectivity index is 1.28. The molecule has 1 aromatic carbocycles. The molecule has 3 heterocycles. The molecule has 26 heavy (non-hydrogen) atoms. The molecule has 2 N–H and O–H groups in total. The predicted octanol–water partition coefficient (Wildman–Crippen LogP) is 2.88. The van der Waals surface area contributed by atoms with Crippen molar-refractivity contribution >= 4 is 17.3 Å². The van der Waals surface area contributed by atoms with Crippen LogP contribution in [0.15, 0.2) is 60.9 Å². The summed E-state index contributed by atoms with van der Waals surface area (Å²) in [6.45, 7) is 3.72. The Morgan fingerprint density at radius 2 is 2.08 bits per heavy atom. The standard InChI is InChI=1S/C20H24N6/c1-25(18-5-3-2-4-6-18)19-8-7-16(13-22-19)11-21-12-17-14-23-20-9-10-24-26(20)15-17/h2-10,13,17,21,23H,11-12,14-15H2,1H3/t17-/m1/s1. The summed E-state index contributed by atoms with van der Waals surface area (Å²) in [5.74, 6) is 2.60. The minimum absolute atomic E-state index is 0.541. The van der Waals surface area contributed by atoms with Gasteiger partial charge in [-0.1, -0.05) is 24.3 Å². The van der Waals surface area contributed by atoms with Crippen molar-refractivity contribution < 1.29 is 0 Å². The van der Waals surface area contributed by atoms with Crippen LogP contribution < -0.4 is 15.5 Å². The monoisotopic (exact) mass is 348 g/mol. The van der Waals surface area contributed by atoms with Gasteiger partial charge in [0.15, 0.2) is 0 Å². The molecule has 1 aliphatic rings. The molecule has 1 aliphatic heterocycles. The second kappa shape index (κ2) is 7.58. The number of hydrogen-bond acceptors (Lipinski definition) is 5. The van der Waals surface area contributed by atoms with Gasteiger partial charge in [0.05, 0.1) is 6.20 Å². The first-order chi connectivity index (χ1) is 12.8. The van der Waals surface area contributed by atoms with Crippen molar-refractivity contribution in [1.29, 1.82) is 0 Å². The zero-order valence-electron chi connectivity index (χ0n) is 15.0. The van der Waals surface area contributed by atoms with Crippen LogP contribution in [-0.2, 0) is 13.1 Å². The third kappa shape index (κ3) is 3.70. The lowest BCUT2D eigenvalue weighted by Crippen LogP contribution is -2.35. The molecule has 3 aromatic rings. The van der Waals surface area contributed by atoms with Gasteiger partial charge in [-0.25, -0.2) is 9.67 Å². The topological polar surface area (TPSA) is 58.0 Å². The Bertz CT molecular complexity index is 827. The molecule has 0 aliphatic carbocycles. The highest BCUT2D eigenvalue weighted by Crippen LogP contribution is 2.21. The smallest absolute Gasteiger partial charge is 0.132 e. The molecule has 0 unspecified atom stereocenters. The van der Waals surface area contributed by atoms with Crippen LogP contribution in [0.4, 0.5) is 17.3 Å². The van der Waals surface area contributed by atoms with E-state index in [-0.39, 0.29) is 0 Å². The first kappa shape index (κ1) is 16.6. The highest BCUT2D eigenvalue weighted by Gasteiger charge is 2.17. The number of aromatic nitrogens is 3. The van der Waals surface area contributed by atoms with Gasteiger partial charge >= 0.3 is 0 Å². The Morgan fingerprint density at radius 1 is 1.19 bits per heavy atom. The summed E-state index contributed by atoms with van der Waals surface area (Å²) < 4.78 is 2.03. The number of benzene rings is 1. The molecule has 6 heteroatoms. The molecule has 0 bridgehead atoms. The van der Waals surface area contributed by atoms with Crippen molar-refractivity contribution in [3.63, 3.8) is 0 Å². The highest BCUT2D eigenvalue weighted by atomic mass is 15.3. The molecule has 1 atom stereocenters.